The maximum absolute atomic E-state index is 9.37. The van der Waals surface area contributed by atoms with Crippen LogP contribution in [0.3, 0.4) is 0 Å². The zero-order valence-corrected chi connectivity index (χ0v) is 11.0. The third-order valence-corrected chi connectivity index (χ3v) is 1.77. The lowest BCUT2D eigenvalue weighted by Crippen LogP contribution is -1.88. The highest BCUT2D eigenvalue weighted by Crippen LogP contribution is 2.22. The number of hydrogen-bond acceptors (Lipinski definition) is 2. The lowest BCUT2D eigenvalue weighted by Gasteiger charge is -1.97. The molecule has 0 bridgehead atoms. The molecule has 2 nitrogen and oxygen atoms in total. The number of phenols is 1. The van der Waals surface area contributed by atoms with Crippen molar-refractivity contribution in [2.24, 2.45) is 0 Å². The van der Waals surface area contributed by atoms with E-state index >= 15 is 0 Å². The van der Waals surface area contributed by atoms with Crippen molar-refractivity contribution in [1.82, 2.24) is 3.11 Å². The first kappa shape index (κ1) is 12.3. The van der Waals surface area contributed by atoms with Gasteiger partial charge in [-0.2, -0.15) is 0 Å². The molecule has 3 heteroatoms. The number of rotatable bonds is 0. The molecule has 0 aromatic heterocycles. The molecular weight excluding hydrogens is 301 g/mol. The van der Waals surface area contributed by atoms with Crippen LogP contribution >= 0.6 is 22.9 Å². The molecule has 80 valence electrons. The normalized spacial score (nSPS) is 9.87. The molecule has 0 radical (unpaired) electrons. The monoisotopic (exact) mass is 315 g/mol. The summed E-state index contributed by atoms with van der Waals surface area (Å²) in [6, 6.07) is 13.3. The van der Waals surface area contributed by atoms with Gasteiger partial charge in [0.15, 0.2) is 0 Å². The predicted octanol–water partition coefficient (Wildman–Crippen LogP) is 3.44. The van der Waals surface area contributed by atoms with Crippen LogP contribution in [0, 0.1) is 0 Å². The van der Waals surface area contributed by atoms with Crippen molar-refractivity contribution >= 4 is 33.6 Å². The molecule has 0 amide bonds. The molecular formula is C12H14INO. The Morgan fingerprint density at radius 3 is 2.13 bits per heavy atom. The van der Waals surface area contributed by atoms with E-state index < -0.39 is 0 Å². The average molecular weight is 315 g/mol. The first-order valence-corrected chi connectivity index (χ1v) is 5.57. The van der Waals surface area contributed by atoms with Crippen LogP contribution in [-0.4, -0.2) is 22.3 Å². The molecule has 0 unspecified atom stereocenters. The van der Waals surface area contributed by atoms with Gasteiger partial charge in [-0.1, -0.05) is 36.4 Å². The SMILES string of the molecule is CN(C)I.Oc1cccc2ccccc12. The second kappa shape index (κ2) is 5.92. The smallest absolute Gasteiger partial charge is 0.123 e. The Hall–Kier alpha value is -0.810. The molecule has 0 fully saturated rings. The molecule has 0 spiro atoms. The van der Waals surface area contributed by atoms with Crippen molar-refractivity contribution in [3.63, 3.8) is 0 Å². The average Bonchev–Trinajstić information content (AvgIpc) is 2.18. The van der Waals surface area contributed by atoms with E-state index in [2.05, 4.69) is 22.9 Å². The van der Waals surface area contributed by atoms with Crippen molar-refractivity contribution < 1.29 is 5.11 Å². The van der Waals surface area contributed by atoms with Gasteiger partial charge in [0.1, 0.15) is 5.75 Å². The molecule has 0 aliphatic heterocycles. The third kappa shape index (κ3) is 4.05. The van der Waals surface area contributed by atoms with E-state index in [9.17, 15) is 5.11 Å². The van der Waals surface area contributed by atoms with Gasteiger partial charge in [-0.3, -0.25) is 3.11 Å². The van der Waals surface area contributed by atoms with Gasteiger partial charge >= 0.3 is 0 Å². The molecule has 0 atom stereocenters. The topological polar surface area (TPSA) is 23.5 Å². The van der Waals surface area contributed by atoms with Gasteiger partial charge in [-0.25, -0.2) is 0 Å². The van der Waals surface area contributed by atoms with Crippen LogP contribution in [-0.2, 0) is 0 Å². The van der Waals surface area contributed by atoms with Gasteiger partial charge in [0.25, 0.3) is 0 Å². The molecule has 0 heterocycles. The number of phenolic OH excluding ortho intramolecular Hbond substituents is 1. The first-order valence-electron chi connectivity index (χ1n) is 4.61. The van der Waals surface area contributed by atoms with E-state index in [4.69, 9.17) is 0 Å². The molecule has 2 rings (SSSR count). The van der Waals surface area contributed by atoms with E-state index in [0.717, 1.165) is 10.8 Å². The molecule has 0 aliphatic rings. The minimum absolute atomic E-state index is 0.350. The van der Waals surface area contributed by atoms with Crippen LogP contribution in [0.15, 0.2) is 42.5 Å². The Bertz CT molecular complexity index is 421. The van der Waals surface area contributed by atoms with Crippen molar-refractivity contribution in [2.75, 3.05) is 14.1 Å². The fourth-order valence-electron chi connectivity index (χ4n) is 1.21. The van der Waals surface area contributed by atoms with E-state index in [0.29, 0.717) is 5.75 Å². The summed E-state index contributed by atoms with van der Waals surface area (Å²) >= 11 is 2.18. The lowest BCUT2D eigenvalue weighted by molar-refractivity contribution is 0.481. The van der Waals surface area contributed by atoms with Crippen LogP contribution < -0.4 is 0 Å². The maximum Gasteiger partial charge on any atom is 0.123 e. The second-order valence-electron chi connectivity index (χ2n) is 3.28. The molecule has 2 aromatic carbocycles. The highest BCUT2D eigenvalue weighted by atomic mass is 127. The summed E-state index contributed by atoms with van der Waals surface area (Å²) in [5.41, 5.74) is 0. The summed E-state index contributed by atoms with van der Waals surface area (Å²) < 4.78 is 1.97. The number of nitrogens with zero attached hydrogens (tertiary/aromatic N) is 1. The van der Waals surface area contributed by atoms with Crippen molar-refractivity contribution in [2.45, 2.75) is 0 Å². The van der Waals surface area contributed by atoms with Gasteiger partial charge in [0.05, 0.1) is 0 Å². The van der Waals surface area contributed by atoms with Gasteiger partial charge in [0.2, 0.25) is 0 Å². The minimum atomic E-state index is 0.350. The highest BCUT2D eigenvalue weighted by Gasteiger charge is 1.94. The molecule has 0 saturated carbocycles. The van der Waals surface area contributed by atoms with Crippen LogP contribution in [0.25, 0.3) is 10.8 Å². The third-order valence-electron chi connectivity index (χ3n) is 1.77. The summed E-state index contributed by atoms with van der Waals surface area (Å²) in [6.07, 6.45) is 0. The Kier molecular flexibility index (Phi) is 4.84. The number of hydrogen-bond donors (Lipinski definition) is 1. The standard InChI is InChI=1S/C10H8O.C2H6IN/c11-10-7-3-5-8-4-1-2-6-9(8)10;1-4(2)3/h1-7,11H;1-2H3. The summed E-state index contributed by atoms with van der Waals surface area (Å²) in [5.74, 6) is 0.350. The minimum Gasteiger partial charge on any atom is -0.507 e. The number of fused-ring (bicyclic) bond motifs is 1. The van der Waals surface area contributed by atoms with Gasteiger partial charge < -0.3 is 5.11 Å². The summed E-state index contributed by atoms with van der Waals surface area (Å²) in [4.78, 5) is 0. The van der Waals surface area contributed by atoms with Crippen molar-refractivity contribution in [3.05, 3.63) is 42.5 Å². The van der Waals surface area contributed by atoms with E-state index in [1.54, 1.807) is 6.07 Å². The fraction of sp³-hybridized carbons (Fsp3) is 0.167. The second-order valence-corrected chi connectivity index (χ2v) is 5.21. The Morgan fingerprint density at radius 2 is 1.53 bits per heavy atom. The van der Waals surface area contributed by atoms with Crippen LogP contribution in [0.1, 0.15) is 0 Å². The molecule has 1 N–H and O–H groups in total. The predicted molar refractivity (Wildman–Crippen MR) is 73.3 cm³/mol. The van der Waals surface area contributed by atoms with Crippen molar-refractivity contribution in [1.29, 1.82) is 0 Å². The number of halogens is 1. The zero-order valence-electron chi connectivity index (χ0n) is 8.81. The summed E-state index contributed by atoms with van der Waals surface area (Å²) in [6.45, 7) is 0. The Labute approximate surface area is 104 Å². The van der Waals surface area contributed by atoms with Gasteiger partial charge in [-0.15, -0.1) is 0 Å². The summed E-state index contributed by atoms with van der Waals surface area (Å²) in [7, 11) is 3.97. The largest absolute Gasteiger partial charge is 0.507 e. The van der Waals surface area contributed by atoms with Crippen LogP contribution in [0.2, 0.25) is 0 Å². The fourth-order valence-corrected chi connectivity index (χ4v) is 1.21. The van der Waals surface area contributed by atoms with Gasteiger partial charge in [-0.05, 0) is 25.5 Å². The highest BCUT2D eigenvalue weighted by molar-refractivity contribution is 14.1. The van der Waals surface area contributed by atoms with Crippen molar-refractivity contribution in [3.8, 4) is 5.75 Å². The zero-order chi connectivity index (χ0) is 11.3. The first-order chi connectivity index (χ1) is 7.11. The van der Waals surface area contributed by atoms with Crippen LogP contribution in [0.5, 0.6) is 5.75 Å². The maximum atomic E-state index is 9.37. The molecule has 0 aliphatic carbocycles. The number of benzene rings is 2. The van der Waals surface area contributed by atoms with Crippen LogP contribution in [0.4, 0.5) is 0 Å². The van der Waals surface area contributed by atoms with E-state index in [1.165, 1.54) is 0 Å². The quantitative estimate of drug-likeness (QED) is 0.595. The molecule has 2 aromatic rings. The Balaban J connectivity index is 0.000000245. The molecule has 15 heavy (non-hydrogen) atoms. The number of aromatic hydroxyl groups is 1. The van der Waals surface area contributed by atoms with Gasteiger partial charge in [0, 0.05) is 28.3 Å². The molecule has 0 saturated heterocycles. The lowest BCUT2D eigenvalue weighted by atomic mass is 10.1. The Morgan fingerprint density at radius 1 is 1.00 bits per heavy atom. The summed E-state index contributed by atoms with van der Waals surface area (Å²) in [5, 5.41) is 11.4. The van der Waals surface area contributed by atoms with E-state index in [-0.39, 0.29) is 0 Å². The van der Waals surface area contributed by atoms with E-state index in [1.807, 2.05) is 53.6 Å².